The van der Waals surface area contributed by atoms with Gasteiger partial charge in [0.2, 0.25) is 0 Å². The Bertz CT molecular complexity index is 1150. The molecule has 0 heterocycles. The molecule has 0 nitrogen and oxygen atoms in total. The van der Waals surface area contributed by atoms with Crippen LogP contribution in [0.4, 0.5) is 0 Å². The van der Waals surface area contributed by atoms with Crippen LogP contribution in [0.2, 0.25) is 0 Å². The van der Waals surface area contributed by atoms with Crippen molar-refractivity contribution in [3.8, 4) is 0 Å². The van der Waals surface area contributed by atoms with Crippen molar-refractivity contribution in [3.05, 3.63) is 84.4 Å². The number of rotatable bonds is 2. The molecule has 0 heteroatoms. The summed E-state index contributed by atoms with van der Waals surface area (Å²) in [7, 11) is 0. The van der Waals surface area contributed by atoms with Gasteiger partial charge in [-0.1, -0.05) is 61.9 Å². The Kier molecular flexibility index (Phi) is 3.24. The van der Waals surface area contributed by atoms with Crippen LogP contribution in [0.25, 0.3) is 43.1 Å². The predicted octanol–water partition coefficient (Wildman–Crippen LogP) is 7.25. The van der Waals surface area contributed by atoms with Crippen LogP contribution in [0.15, 0.2) is 78.9 Å². The van der Waals surface area contributed by atoms with Crippen molar-refractivity contribution >= 4 is 43.1 Å². The van der Waals surface area contributed by atoms with E-state index in [9.17, 15) is 0 Å². The van der Waals surface area contributed by atoms with E-state index < -0.39 is 0 Å². The minimum Gasteiger partial charge on any atom is -0.0651 e. The monoisotopic (exact) mass is 320 g/mol. The third kappa shape index (κ3) is 2.29. The lowest BCUT2D eigenvalue weighted by Gasteiger charge is -2.13. The summed E-state index contributed by atoms with van der Waals surface area (Å²) in [4.78, 5) is 0. The quantitative estimate of drug-likeness (QED) is 0.300. The molecule has 0 bridgehead atoms. The average molecular weight is 320 g/mol. The fourth-order valence-corrected chi connectivity index (χ4v) is 4.11. The average Bonchev–Trinajstić information content (AvgIpc) is 2.65. The Morgan fingerprint density at radius 1 is 0.520 bits per heavy atom. The van der Waals surface area contributed by atoms with Gasteiger partial charge in [-0.05, 0) is 85.4 Å². The minimum absolute atomic E-state index is 1.12. The molecule has 0 aliphatic carbocycles. The van der Waals surface area contributed by atoms with Gasteiger partial charge in [-0.15, -0.1) is 0 Å². The fraction of sp³-hybridized carbons (Fsp3) is 0.120. The van der Waals surface area contributed by atoms with Crippen LogP contribution in [0.1, 0.15) is 18.9 Å². The topological polar surface area (TPSA) is 0 Å². The molecule has 0 aliphatic rings. The highest BCUT2D eigenvalue weighted by Crippen LogP contribution is 2.34. The molecule has 0 aliphatic heterocycles. The normalized spacial score (nSPS) is 11.7. The second-order valence-corrected chi connectivity index (χ2v) is 6.95. The zero-order chi connectivity index (χ0) is 16.8. The lowest BCUT2D eigenvalue weighted by Crippen LogP contribution is -1.91. The summed E-state index contributed by atoms with van der Waals surface area (Å²) in [5.41, 5.74) is 1.49. The van der Waals surface area contributed by atoms with E-state index in [1.54, 1.807) is 0 Å². The molecular formula is C25H20. The third-order valence-corrected chi connectivity index (χ3v) is 5.30. The van der Waals surface area contributed by atoms with Crippen LogP contribution >= 0.6 is 0 Å². The fourth-order valence-electron chi connectivity index (χ4n) is 4.11. The van der Waals surface area contributed by atoms with Gasteiger partial charge in [-0.25, -0.2) is 0 Å². The highest BCUT2D eigenvalue weighted by molar-refractivity contribution is 6.10. The van der Waals surface area contributed by atoms with Crippen LogP contribution in [0.3, 0.4) is 0 Å². The van der Waals surface area contributed by atoms with Crippen molar-refractivity contribution in [2.24, 2.45) is 0 Å². The van der Waals surface area contributed by atoms with Crippen LogP contribution < -0.4 is 0 Å². The van der Waals surface area contributed by atoms with Crippen LogP contribution in [-0.4, -0.2) is 0 Å². The minimum atomic E-state index is 1.12. The van der Waals surface area contributed by atoms with Crippen molar-refractivity contribution in [1.82, 2.24) is 0 Å². The Hall–Kier alpha value is -2.86. The summed E-state index contributed by atoms with van der Waals surface area (Å²) in [6.07, 6.45) is 2.28. The van der Waals surface area contributed by atoms with Crippen molar-refractivity contribution in [3.63, 3.8) is 0 Å². The molecule has 0 N–H and O–H groups in total. The van der Waals surface area contributed by atoms with Crippen LogP contribution in [0, 0.1) is 0 Å². The second-order valence-electron chi connectivity index (χ2n) is 6.95. The van der Waals surface area contributed by atoms with Gasteiger partial charge in [0.25, 0.3) is 0 Å². The van der Waals surface area contributed by atoms with Gasteiger partial charge >= 0.3 is 0 Å². The van der Waals surface area contributed by atoms with Gasteiger partial charge in [-0.3, -0.25) is 0 Å². The summed E-state index contributed by atoms with van der Waals surface area (Å²) in [6, 6.07) is 29.2. The van der Waals surface area contributed by atoms with Crippen molar-refractivity contribution in [2.75, 3.05) is 0 Å². The Morgan fingerprint density at radius 2 is 0.920 bits per heavy atom. The van der Waals surface area contributed by atoms with E-state index in [4.69, 9.17) is 0 Å². The first kappa shape index (κ1) is 14.5. The summed E-state index contributed by atoms with van der Waals surface area (Å²) in [6.45, 7) is 2.27. The zero-order valence-electron chi connectivity index (χ0n) is 14.4. The highest BCUT2D eigenvalue weighted by Gasteiger charge is 2.09. The second kappa shape index (κ2) is 5.60. The molecule has 0 spiro atoms. The molecule has 0 radical (unpaired) electrons. The number of benzene rings is 5. The van der Waals surface area contributed by atoms with Gasteiger partial charge in [-0.2, -0.15) is 0 Å². The van der Waals surface area contributed by atoms with E-state index in [-0.39, 0.29) is 0 Å². The Balaban J connectivity index is 1.97. The van der Waals surface area contributed by atoms with E-state index in [1.165, 1.54) is 48.7 Å². The molecule has 0 amide bonds. The Labute approximate surface area is 147 Å². The van der Waals surface area contributed by atoms with Gasteiger partial charge in [0.15, 0.2) is 0 Å². The van der Waals surface area contributed by atoms with E-state index >= 15 is 0 Å². The molecule has 25 heavy (non-hydrogen) atoms. The van der Waals surface area contributed by atoms with Crippen molar-refractivity contribution in [2.45, 2.75) is 19.8 Å². The SMILES string of the molecule is CCCc1c2cc3ccccc3cc2cc2cc3ccccc3cc12. The molecule has 5 aromatic rings. The number of hydrogen-bond donors (Lipinski definition) is 0. The van der Waals surface area contributed by atoms with Gasteiger partial charge in [0.1, 0.15) is 0 Å². The number of aryl methyl sites for hydroxylation is 1. The largest absolute Gasteiger partial charge is 0.0651 e. The summed E-state index contributed by atoms with van der Waals surface area (Å²) >= 11 is 0. The lowest BCUT2D eigenvalue weighted by atomic mass is 9.91. The number of fused-ring (bicyclic) bond motifs is 4. The molecule has 0 unspecified atom stereocenters. The molecule has 0 fully saturated rings. The smallest absolute Gasteiger partial charge is 0.0139 e. The molecule has 5 rings (SSSR count). The van der Waals surface area contributed by atoms with Crippen molar-refractivity contribution < 1.29 is 0 Å². The third-order valence-electron chi connectivity index (χ3n) is 5.30. The van der Waals surface area contributed by atoms with Gasteiger partial charge in [0, 0.05) is 0 Å². The van der Waals surface area contributed by atoms with Crippen molar-refractivity contribution in [1.29, 1.82) is 0 Å². The molecule has 0 saturated heterocycles. The number of hydrogen-bond acceptors (Lipinski definition) is 0. The maximum absolute atomic E-state index is 2.38. The summed E-state index contributed by atoms with van der Waals surface area (Å²) < 4.78 is 0. The maximum Gasteiger partial charge on any atom is -0.0139 e. The van der Waals surface area contributed by atoms with E-state index in [0.717, 1.165) is 12.8 Å². The first-order valence-electron chi connectivity index (χ1n) is 9.10. The first-order chi connectivity index (χ1) is 12.3. The van der Waals surface area contributed by atoms with Crippen LogP contribution in [-0.2, 0) is 6.42 Å². The predicted molar refractivity (Wildman–Crippen MR) is 110 cm³/mol. The zero-order valence-corrected chi connectivity index (χ0v) is 14.4. The molecular weight excluding hydrogens is 300 g/mol. The van der Waals surface area contributed by atoms with E-state index in [2.05, 4.69) is 85.8 Å². The first-order valence-corrected chi connectivity index (χ1v) is 9.10. The summed E-state index contributed by atoms with van der Waals surface area (Å²) in [5.74, 6) is 0. The lowest BCUT2D eigenvalue weighted by molar-refractivity contribution is 0.937. The van der Waals surface area contributed by atoms with E-state index in [1.807, 2.05) is 0 Å². The van der Waals surface area contributed by atoms with Gasteiger partial charge in [0.05, 0.1) is 0 Å². The molecule has 0 saturated carbocycles. The highest BCUT2D eigenvalue weighted by atomic mass is 14.1. The molecule has 120 valence electrons. The molecule has 5 aromatic carbocycles. The summed E-state index contributed by atoms with van der Waals surface area (Å²) in [5, 5.41) is 10.8. The van der Waals surface area contributed by atoms with Crippen LogP contribution in [0.5, 0.6) is 0 Å². The van der Waals surface area contributed by atoms with Gasteiger partial charge < -0.3 is 0 Å². The maximum atomic E-state index is 2.38. The standard InChI is InChI=1S/C25H20/c1-2-7-23-24-15-19-10-5-3-8-17(19)12-21(24)14-22-13-18-9-4-6-11-20(18)16-25(22)23/h3-6,8-16H,2,7H2,1H3. The molecule has 0 atom stereocenters. The Morgan fingerprint density at radius 3 is 1.36 bits per heavy atom. The molecule has 0 aromatic heterocycles. The van der Waals surface area contributed by atoms with E-state index in [0.29, 0.717) is 0 Å².